The van der Waals surface area contributed by atoms with E-state index in [2.05, 4.69) is 76.6 Å². The molecule has 0 aliphatic heterocycles. The summed E-state index contributed by atoms with van der Waals surface area (Å²) >= 11 is 0. The molecule has 0 saturated heterocycles. The molecular formula is C56H92O8Si5. The van der Waals surface area contributed by atoms with Crippen molar-refractivity contribution < 1.29 is 39.4 Å². The van der Waals surface area contributed by atoms with Crippen LogP contribution in [0.15, 0.2) is 72.8 Å². The minimum atomic E-state index is -1.76. The number of methoxy groups -OCH3 is 4. The van der Waals surface area contributed by atoms with E-state index in [1.807, 2.05) is 24.3 Å². The zero-order valence-electron chi connectivity index (χ0n) is 45.0. The highest BCUT2D eigenvalue weighted by Gasteiger charge is 2.40. The van der Waals surface area contributed by atoms with Gasteiger partial charge < -0.3 is 39.4 Å². The van der Waals surface area contributed by atoms with Crippen molar-refractivity contribution in [2.24, 2.45) is 0 Å². The number of hydrogen-bond donors (Lipinski definition) is 4. The van der Waals surface area contributed by atoms with Crippen molar-refractivity contribution in [1.29, 1.82) is 0 Å². The molecule has 69 heavy (non-hydrogen) atoms. The molecule has 13 heteroatoms. The molecule has 0 aliphatic rings. The smallest absolute Gasteiger partial charge is 0.160 e. The van der Waals surface area contributed by atoms with Crippen LogP contribution in [0.2, 0.25) is 125 Å². The molecular weight excluding hydrogens is 941 g/mol. The Morgan fingerprint density at radius 2 is 0.507 bits per heavy atom. The third-order valence-electron chi connectivity index (χ3n) is 15.6. The van der Waals surface area contributed by atoms with E-state index >= 15 is 0 Å². The molecule has 8 nitrogen and oxygen atoms in total. The second kappa shape index (κ2) is 26.7. The van der Waals surface area contributed by atoms with Gasteiger partial charge in [-0.1, -0.05) is 175 Å². The van der Waals surface area contributed by atoms with E-state index in [9.17, 15) is 20.4 Å². The van der Waals surface area contributed by atoms with E-state index in [1.54, 1.807) is 52.7 Å². The molecule has 0 spiro atoms. The minimum Gasteiger partial charge on any atom is -0.504 e. The molecule has 0 heterocycles. The average molecular weight is 1030 g/mol. The van der Waals surface area contributed by atoms with Gasteiger partial charge in [0.1, 0.15) is 0 Å². The van der Waals surface area contributed by atoms with E-state index < -0.39 is 40.4 Å². The Bertz CT molecular complexity index is 1880. The molecule has 4 rings (SSSR count). The van der Waals surface area contributed by atoms with Gasteiger partial charge in [-0.2, -0.15) is 0 Å². The molecule has 0 radical (unpaired) electrons. The summed E-state index contributed by atoms with van der Waals surface area (Å²) in [6.07, 6.45) is 8.75. The molecule has 4 aromatic rings. The fourth-order valence-corrected chi connectivity index (χ4v) is 36.6. The Hall–Kier alpha value is -3.64. The number of phenolic OH excluding ortho intramolecular Hbond substituents is 4. The first-order chi connectivity index (χ1) is 32.5. The average Bonchev–Trinajstić information content (AvgIpc) is 3.30. The Labute approximate surface area is 423 Å². The molecule has 0 saturated carbocycles. The first-order valence-corrected chi connectivity index (χ1v) is 42.4. The molecule has 0 unspecified atom stereocenters. The van der Waals surface area contributed by atoms with Crippen molar-refractivity contribution in [2.75, 3.05) is 28.4 Å². The predicted octanol–water partition coefficient (Wildman–Crippen LogP) is 15.7. The van der Waals surface area contributed by atoms with Crippen molar-refractivity contribution in [3.63, 3.8) is 0 Å². The maximum absolute atomic E-state index is 10.2. The van der Waals surface area contributed by atoms with Gasteiger partial charge in [0.05, 0.1) is 36.5 Å². The van der Waals surface area contributed by atoms with Crippen molar-refractivity contribution >= 4 is 40.4 Å². The summed E-state index contributed by atoms with van der Waals surface area (Å²) in [5.41, 5.74) is 4.96. The lowest BCUT2D eigenvalue weighted by Gasteiger charge is -2.41. The van der Waals surface area contributed by atoms with Gasteiger partial charge in [-0.05, 0) is 96.5 Å². The standard InChI is InChI=1S/C56H92O8Si5/c1-61-53-41-45(21-25-49(53)57)17-13-29-65(5,6)33-37-69(38-34-66(7,8)30-14-18-46-22-26-50(58)54(42-46)62-2,39-35-67(9,10)31-15-19-47-23-27-51(59)55(43-47)63-3)40-36-68(11,12)32-16-20-48-24-28-52(60)56(44-48)64-4/h21-28,41-44,57-60H,13-20,29-40H2,1-12H3. The van der Waals surface area contributed by atoms with Crippen LogP contribution in [0.25, 0.3) is 0 Å². The second-order valence-corrected chi connectivity index (χ2v) is 49.9. The summed E-state index contributed by atoms with van der Waals surface area (Å²) in [5, 5.41) is 40.9. The van der Waals surface area contributed by atoms with E-state index in [-0.39, 0.29) is 23.0 Å². The zero-order valence-corrected chi connectivity index (χ0v) is 50.0. The lowest BCUT2D eigenvalue weighted by molar-refractivity contribution is 0.373. The third kappa shape index (κ3) is 19.8. The highest BCUT2D eigenvalue weighted by molar-refractivity contribution is 6.89. The molecule has 0 fully saturated rings. The summed E-state index contributed by atoms with van der Waals surface area (Å²) in [4.78, 5) is 0. The van der Waals surface area contributed by atoms with Gasteiger partial charge >= 0.3 is 0 Å². The van der Waals surface area contributed by atoms with Crippen molar-refractivity contribution in [3.8, 4) is 46.0 Å². The maximum Gasteiger partial charge on any atom is 0.160 e. The largest absolute Gasteiger partial charge is 0.504 e. The highest BCUT2D eigenvalue weighted by atomic mass is 28.3. The van der Waals surface area contributed by atoms with Crippen LogP contribution in [0.4, 0.5) is 0 Å². The number of phenols is 4. The van der Waals surface area contributed by atoms with Gasteiger partial charge in [0.2, 0.25) is 0 Å². The van der Waals surface area contributed by atoms with Gasteiger partial charge in [0, 0.05) is 32.3 Å². The molecule has 0 bridgehead atoms. The molecule has 384 valence electrons. The van der Waals surface area contributed by atoms with Gasteiger partial charge in [-0.25, -0.2) is 0 Å². The third-order valence-corrected chi connectivity index (χ3v) is 36.1. The Kier molecular flexibility index (Phi) is 22.4. The summed E-state index contributed by atoms with van der Waals surface area (Å²) in [6, 6.07) is 40.1. The SMILES string of the molecule is COc1cc(CCC[Si](C)(C)CC[Si](CC[Si](C)(C)CCCc2ccc(O)c(OC)c2)(CC[Si](C)(C)CCCc2ccc(O)c(OC)c2)CC[Si](C)(C)CCCc2ccc(O)c(OC)c2)ccc1O. The fraction of sp³-hybridized carbons (Fsp3) is 0.571. The van der Waals surface area contributed by atoms with Gasteiger partial charge in [0.25, 0.3) is 0 Å². The van der Waals surface area contributed by atoms with Crippen molar-refractivity contribution in [2.45, 2.75) is 176 Å². The number of hydrogen-bond acceptors (Lipinski definition) is 8. The molecule has 4 aromatic carbocycles. The highest BCUT2D eigenvalue weighted by Crippen LogP contribution is 2.42. The molecule has 0 amide bonds. The molecule has 4 N–H and O–H groups in total. The van der Waals surface area contributed by atoms with Crippen molar-refractivity contribution in [1.82, 2.24) is 0 Å². The summed E-state index contributed by atoms with van der Waals surface area (Å²) in [6.45, 7) is 21.3. The van der Waals surface area contributed by atoms with Crippen LogP contribution in [0.3, 0.4) is 0 Å². The van der Waals surface area contributed by atoms with Crippen LogP contribution >= 0.6 is 0 Å². The number of benzene rings is 4. The monoisotopic (exact) mass is 1030 g/mol. The van der Waals surface area contributed by atoms with Crippen LogP contribution < -0.4 is 18.9 Å². The second-order valence-electron chi connectivity index (χ2n) is 23.6. The quantitative estimate of drug-likeness (QED) is 0.0357. The van der Waals surface area contributed by atoms with Crippen LogP contribution in [0.1, 0.15) is 47.9 Å². The van der Waals surface area contributed by atoms with E-state index in [4.69, 9.17) is 18.9 Å². The lowest BCUT2D eigenvalue weighted by Crippen LogP contribution is -2.43. The van der Waals surface area contributed by atoms with Crippen LogP contribution in [0.5, 0.6) is 46.0 Å². The van der Waals surface area contributed by atoms with Gasteiger partial charge in [-0.3, -0.25) is 0 Å². The topological polar surface area (TPSA) is 118 Å². The fourth-order valence-electron chi connectivity index (χ4n) is 10.3. The van der Waals surface area contributed by atoms with Gasteiger partial charge in [0.15, 0.2) is 46.0 Å². The van der Waals surface area contributed by atoms with Crippen molar-refractivity contribution in [3.05, 3.63) is 95.1 Å². The summed E-state index contributed by atoms with van der Waals surface area (Å²) in [5.74, 6) is 3.06. The Morgan fingerprint density at radius 3 is 0.696 bits per heavy atom. The number of aromatic hydroxyl groups is 4. The predicted molar refractivity (Wildman–Crippen MR) is 305 cm³/mol. The summed E-state index contributed by atoms with van der Waals surface area (Å²) in [7, 11) is -1.38. The zero-order chi connectivity index (χ0) is 50.9. The van der Waals surface area contributed by atoms with E-state index in [0.29, 0.717) is 23.0 Å². The summed E-state index contributed by atoms with van der Waals surface area (Å²) < 4.78 is 21.8. The first-order valence-electron chi connectivity index (χ1n) is 26.0. The number of rotatable bonds is 32. The first kappa shape index (κ1) is 57.9. The van der Waals surface area contributed by atoms with E-state index in [1.165, 1.54) is 120 Å². The normalized spacial score (nSPS) is 12.6. The number of aryl methyl sites for hydroxylation is 4. The minimum absolute atomic E-state index is 0.204. The molecule has 0 atom stereocenters. The van der Waals surface area contributed by atoms with Crippen LogP contribution in [-0.4, -0.2) is 89.2 Å². The molecule has 0 aromatic heterocycles. The maximum atomic E-state index is 10.2. The van der Waals surface area contributed by atoms with Gasteiger partial charge in [-0.15, -0.1) is 0 Å². The lowest BCUT2D eigenvalue weighted by atomic mass is 10.1. The Morgan fingerprint density at radius 1 is 0.304 bits per heavy atom. The number of ether oxygens (including phenoxy) is 4. The van der Waals surface area contributed by atoms with Crippen LogP contribution in [0, 0.1) is 0 Å². The van der Waals surface area contributed by atoms with Crippen LogP contribution in [-0.2, 0) is 25.7 Å². The van der Waals surface area contributed by atoms with E-state index in [0.717, 1.165) is 25.7 Å². The molecule has 0 aliphatic carbocycles. The Balaban J connectivity index is 1.57.